The van der Waals surface area contributed by atoms with Gasteiger partial charge in [0.15, 0.2) is 6.61 Å². The summed E-state index contributed by atoms with van der Waals surface area (Å²) in [6, 6.07) is 52.5. The number of methoxy groups -OCH3 is 2. The van der Waals surface area contributed by atoms with Gasteiger partial charge in [0.25, 0.3) is 5.91 Å². The molecule has 8 aromatic carbocycles. The number of aromatic nitrogens is 1. The third-order valence-corrected chi connectivity index (χ3v) is 19.3. The number of nitrogens with one attached hydrogen (secondary N) is 9. The standard InChI is InChI=1S/C90H104N10O14/c1-56-34-38-60(39-35-56)80(61-40-36-57(2)37-41-61)98-79(101)55-111-64-44-42-62(43-45-64)81(71-47-46-65(109-10)52-78(71)110-11)99-83(103)73(31-21-22-48-93-86(106)113-89(4,5)6)94-85(105)76(51-63-53-100(88(108)114-90(7,8)9)77-33-20-19-26-66(63)77)96-82(102)74(32-23-49-92-58(3)91)95-84(104)75(50-59-24-13-12-14-25-59)97-87(107)112-54-72-69-29-17-15-27-67(69)68-28-16-18-30-70(68)72/h12-20,24-30,33-47,52-53,72-76,80-81H,21-23,31-32,48-51,54-55H2,1-11H3,(H2,91,92)(H,93,106)(H,94,105)(H,95,104)(H,96,102)(H,97,107)(H,98,101)(H,99,103)/t73-,74-,75+,76-,81?/m0/s1. The predicted molar refractivity (Wildman–Crippen MR) is 438 cm³/mol. The zero-order valence-corrected chi connectivity index (χ0v) is 66.5. The third-order valence-electron chi connectivity index (χ3n) is 19.3. The fourth-order valence-electron chi connectivity index (χ4n) is 13.7. The number of carbonyl (C=O) groups is 8. The molecule has 114 heavy (non-hydrogen) atoms. The normalized spacial score (nSPS) is 13.1. The van der Waals surface area contributed by atoms with Crippen molar-refractivity contribution in [2.45, 2.75) is 161 Å². The van der Waals surface area contributed by atoms with Crippen LogP contribution in [0.3, 0.4) is 0 Å². The van der Waals surface area contributed by atoms with Crippen molar-refractivity contribution in [1.82, 2.24) is 47.1 Å². The van der Waals surface area contributed by atoms with Crippen LogP contribution >= 0.6 is 0 Å². The van der Waals surface area contributed by atoms with Crippen LogP contribution in [0, 0.1) is 19.3 Å². The number of aryl methyl sites for hydroxylation is 2. The van der Waals surface area contributed by atoms with Crippen LogP contribution in [0.4, 0.5) is 14.4 Å². The minimum absolute atomic E-state index is 0.0231. The third kappa shape index (κ3) is 23.6. The van der Waals surface area contributed by atoms with Crippen LogP contribution < -0.4 is 56.7 Å². The van der Waals surface area contributed by atoms with Gasteiger partial charge >= 0.3 is 18.3 Å². The summed E-state index contributed by atoms with van der Waals surface area (Å²) >= 11 is 0. The van der Waals surface area contributed by atoms with E-state index < -0.39 is 89.4 Å². The monoisotopic (exact) mass is 1550 g/mol. The number of hydrogen-bond donors (Lipinski definition) is 9. The lowest BCUT2D eigenvalue weighted by molar-refractivity contribution is -0.134. The van der Waals surface area contributed by atoms with Crippen LogP contribution in [0.15, 0.2) is 200 Å². The zero-order chi connectivity index (χ0) is 81.6. The number of benzene rings is 8. The largest absolute Gasteiger partial charge is 0.497 e. The highest BCUT2D eigenvalue weighted by Crippen LogP contribution is 2.45. The Balaban J connectivity index is 0.962. The molecule has 9 aromatic rings. The van der Waals surface area contributed by atoms with E-state index in [1.54, 1.807) is 139 Å². The Morgan fingerprint density at radius 3 is 1.61 bits per heavy atom. The van der Waals surface area contributed by atoms with Crippen LogP contribution in [0.25, 0.3) is 22.0 Å². The molecule has 5 atom stereocenters. The van der Waals surface area contributed by atoms with Crippen molar-refractivity contribution in [2.24, 2.45) is 0 Å². The van der Waals surface area contributed by atoms with Crippen LogP contribution in [0.5, 0.6) is 17.2 Å². The Kier molecular flexibility index (Phi) is 28.8. The Labute approximate surface area is 666 Å². The van der Waals surface area contributed by atoms with Crippen molar-refractivity contribution in [2.75, 3.05) is 40.5 Å². The molecule has 24 nitrogen and oxygen atoms in total. The fraction of sp³-hybridized carbons (Fsp3) is 0.344. The second-order valence-corrected chi connectivity index (χ2v) is 30.5. The summed E-state index contributed by atoms with van der Waals surface area (Å²) in [6.45, 7) is 16.0. The van der Waals surface area contributed by atoms with Crippen molar-refractivity contribution >= 4 is 64.6 Å². The minimum Gasteiger partial charge on any atom is -0.497 e. The molecule has 9 N–H and O–H groups in total. The molecule has 1 aliphatic carbocycles. The molecule has 7 amide bonds. The lowest BCUT2D eigenvalue weighted by Crippen LogP contribution is -2.59. The van der Waals surface area contributed by atoms with E-state index in [9.17, 15) is 19.2 Å². The van der Waals surface area contributed by atoms with Crippen LogP contribution in [0.1, 0.15) is 154 Å². The number of unbranched alkanes of at least 4 members (excludes halogenated alkanes) is 1. The molecule has 598 valence electrons. The number of para-hydroxylation sites is 1. The van der Waals surface area contributed by atoms with Gasteiger partial charge in [0, 0.05) is 55.1 Å². The molecule has 0 bridgehead atoms. The maximum Gasteiger partial charge on any atom is 0.419 e. The highest BCUT2D eigenvalue weighted by Gasteiger charge is 2.36. The molecule has 24 heteroatoms. The summed E-state index contributed by atoms with van der Waals surface area (Å²) in [5.41, 5.74) is 8.82. The van der Waals surface area contributed by atoms with E-state index in [-0.39, 0.29) is 82.5 Å². The highest BCUT2D eigenvalue weighted by atomic mass is 16.6. The maximum atomic E-state index is 15.9. The molecule has 0 saturated heterocycles. The first-order valence-corrected chi connectivity index (χ1v) is 38.4. The molecule has 0 fully saturated rings. The molecule has 1 aliphatic rings. The summed E-state index contributed by atoms with van der Waals surface area (Å²) in [5.74, 6) is -2.48. The van der Waals surface area contributed by atoms with Crippen LogP contribution in [0.2, 0.25) is 0 Å². The van der Waals surface area contributed by atoms with Crippen molar-refractivity contribution in [3.8, 4) is 28.4 Å². The number of alkyl carbamates (subject to hydrolysis) is 2. The number of hydrogen-bond acceptors (Lipinski definition) is 15. The molecule has 0 spiro atoms. The van der Waals surface area contributed by atoms with Gasteiger partial charge in [0.2, 0.25) is 23.6 Å². The van der Waals surface area contributed by atoms with Crippen LogP contribution in [-0.2, 0) is 51.0 Å². The number of rotatable bonds is 34. The van der Waals surface area contributed by atoms with Gasteiger partial charge in [-0.15, -0.1) is 0 Å². The second-order valence-electron chi connectivity index (χ2n) is 30.5. The Bertz CT molecular complexity index is 4750. The number of carbonyl (C=O) groups excluding carboxylic acids is 8. The van der Waals surface area contributed by atoms with Gasteiger partial charge in [0.05, 0.1) is 37.7 Å². The van der Waals surface area contributed by atoms with Gasteiger partial charge in [-0.1, -0.05) is 169 Å². The molecule has 10 rings (SSSR count). The van der Waals surface area contributed by atoms with E-state index in [1.807, 2.05) is 117 Å². The second kappa shape index (κ2) is 39.1. The molecule has 0 aliphatic heterocycles. The topological polar surface area (TPSA) is 317 Å². The van der Waals surface area contributed by atoms with Gasteiger partial charge in [-0.05, 0) is 175 Å². The average Bonchev–Trinajstić information content (AvgIpc) is 1.63. The van der Waals surface area contributed by atoms with Gasteiger partial charge < -0.3 is 71.0 Å². The van der Waals surface area contributed by atoms with E-state index in [2.05, 4.69) is 42.5 Å². The summed E-state index contributed by atoms with van der Waals surface area (Å²) < 4.78 is 36.4. The van der Waals surface area contributed by atoms with E-state index in [0.717, 1.165) is 44.5 Å². The minimum atomic E-state index is -1.57. The summed E-state index contributed by atoms with van der Waals surface area (Å²) in [7, 11) is 2.99. The van der Waals surface area contributed by atoms with Crippen molar-refractivity contribution in [1.29, 1.82) is 5.41 Å². The molecule has 1 unspecified atom stereocenters. The Morgan fingerprint density at radius 1 is 0.491 bits per heavy atom. The Hall–Kier alpha value is -12.5. The molecule has 1 heterocycles. The first kappa shape index (κ1) is 84.0. The number of ether oxygens (including phenoxy) is 6. The SMILES string of the molecule is COc1ccc(C(NC(=O)[C@H](CCCCNC(=O)OC(C)(C)C)NC(=O)[C@H](Cc2cn(C(=O)OC(C)(C)C)c3ccccc23)NC(=O)[C@H](CCCNC(C)=N)NC(=O)[C@@H](Cc2ccccc2)NC(=O)OCC2c3ccccc3-c3ccccc32)c2ccc(OCC(=O)NC(c3ccc(C)cc3)c3ccc(C)cc3)cc2)c(OC)c1. The smallest absolute Gasteiger partial charge is 0.419 e. The molecular formula is C90H104N10O14. The summed E-state index contributed by atoms with van der Waals surface area (Å²) in [5, 5.41) is 32.4. The van der Waals surface area contributed by atoms with Gasteiger partial charge in [0.1, 0.15) is 59.2 Å². The predicted octanol–water partition coefficient (Wildman–Crippen LogP) is 13.5. The summed E-state index contributed by atoms with van der Waals surface area (Å²) in [4.78, 5) is 117. The molecule has 1 aromatic heterocycles. The van der Waals surface area contributed by atoms with Crippen molar-refractivity contribution in [3.63, 3.8) is 0 Å². The van der Waals surface area contributed by atoms with Crippen molar-refractivity contribution in [3.05, 3.63) is 256 Å². The summed E-state index contributed by atoms with van der Waals surface area (Å²) in [6.07, 6.45) is -0.311. The number of amidine groups is 1. The first-order chi connectivity index (χ1) is 54.6. The lowest BCUT2D eigenvalue weighted by atomic mass is 9.96. The highest BCUT2D eigenvalue weighted by molar-refractivity contribution is 5.97. The first-order valence-electron chi connectivity index (χ1n) is 38.4. The Morgan fingerprint density at radius 2 is 1.01 bits per heavy atom. The number of nitrogens with zero attached hydrogens (tertiary/aromatic N) is 1. The fourth-order valence-corrected chi connectivity index (χ4v) is 13.7. The molecule has 0 saturated carbocycles. The van der Waals surface area contributed by atoms with E-state index in [4.69, 9.17) is 33.8 Å². The number of amides is 7. The van der Waals surface area contributed by atoms with Gasteiger partial charge in [-0.25, -0.2) is 14.4 Å². The van der Waals surface area contributed by atoms with Gasteiger partial charge in [-0.3, -0.25) is 33.9 Å². The molecular weight excluding hydrogens is 1450 g/mol. The zero-order valence-electron chi connectivity index (χ0n) is 66.5. The lowest BCUT2D eigenvalue weighted by Gasteiger charge is -2.28. The average molecular weight is 1550 g/mol. The van der Waals surface area contributed by atoms with Crippen LogP contribution in [-0.4, -0.2) is 134 Å². The quantitative estimate of drug-likeness (QED) is 0.00783. The van der Waals surface area contributed by atoms with E-state index in [0.29, 0.717) is 56.8 Å². The molecule has 0 radical (unpaired) electrons. The van der Waals surface area contributed by atoms with Gasteiger partial charge in [-0.2, -0.15) is 0 Å². The van der Waals surface area contributed by atoms with E-state index in [1.165, 1.54) is 25.0 Å². The number of fused-ring (bicyclic) bond motifs is 4. The van der Waals surface area contributed by atoms with Crippen molar-refractivity contribution < 1.29 is 66.8 Å². The van der Waals surface area contributed by atoms with E-state index >= 15 is 19.2 Å². The maximum absolute atomic E-state index is 15.9.